The summed E-state index contributed by atoms with van der Waals surface area (Å²) in [6, 6.07) is 8.18. The molecule has 1 fully saturated rings. The fraction of sp³-hybridized carbons (Fsp3) is 0.562. The number of hydrogen-bond acceptors (Lipinski definition) is 4. The number of hydrogen-bond donors (Lipinski definition) is 0. The van der Waals surface area contributed by atoms with Gasteiger partial charge in [-0.15, -0.1) is 0 Å². The molecule has 21 heavy (non-hydrogen) atoms. The molecule has 4 nitrogen and oxygen atoms in total. The van der Waals surface area contributed by atoms with Crippen LogP contribution in [0.3, 0.4) is 0 Å². The smallest absolute Gasteiger partial charge is 0.118 e. The molecule has 1 aromatic carbocycles. The van der Waals surface area contributed by atoms with Crippen molar-refractivity contribution >= 4 is 17.2 Å². The zero-order valence-corrected chi connectivity index (χ0v) is 13.7. The van der Waals surface area contributed by atoms with Gasteiger partial charge in [0.2, 0.25) is 0 Å². The lowest BCUT2D eigenvalue weighted by molar-refractivity contribution is 0.0358. The van der Waals surface area contributed by atoms with Gasteiger partial charge in [0.1, 0.15) is 5.75 Å². The molecule has 0 N–H and O–H groups in total. The lowest BCUT2D eigenvalue weighted by atomic mass is 10.2. The quantitative estimate of drug-likeness (QED) is 0.750. The first-order valence-corrected chi connectivity index (χ1v) is 7.78. The lowest BCUT2D eigenvalue weighted by Gasteiger charge is -2.30. The van der Waals surface area contributed by atoms with Gasteiger partial charge >= 0.3 is 0 Å². The molecule has 0 atom stereocenters. The summed E-state index contributed by atoms with van der Waals surface area (Å²) in [5.41, 5.74) is 1.25. The van der Waals surface area contributed by atoms with Crippen LogP contribution in [0.5, 0.6) is 5.75 Å². The van der Waals surface area contributed by atoms with E-state index in [1.807, 2.05) is 19.1 Å². The molecular weight excluding hydrogens is 284 g/mol. The van der Waals surface area contributed by atoms with Gasteiger partial charge in [0.25, 0.3) is 0 Å². The molecule has 0 amide bonds. The van der Waals surface area contributed by atoms with E-state index in [9.17, 15) is 0 Å². The van der Waals surface area contributed by atoms with Crippen LogP contribution in [0.15, 0.2) is 24.3 Å². The van der Waals surface area contributed by atoms with E-state index >= 15 is 0 Å². The van der Waals surface area contributed by atoms with Crippen LogP contribution in [-0.4, -0.2) is 61.3 Å². The Morgan fingerprint density at radius 2 is 1.95 bits per heavy atom. The van der Waals surface area contributed by atoms with Gasteiger partial charge in [-0.25, -0.2) is 0 Å². The third-order valence-electron chi connectivity index (χ3n) is 3.77. The average Bonchev–Trinajstić information content (AvgIpc) is 2.52. The van der Waals surface area contributed by atoms with E-state index < -0.39 is 0 Å². The predicted octanol–water partition coefficient (Wildman–Crippen LogP) is 2.18. The summed E-state index contributed by atoms with van der Waals surface area (Å²) in [5.74, 6) is 0.887. The zero-order valence-electron chi connectivity index (χ0n) is 12.9. The minimum Gasteiger partial charge on any atom is -0.497 e. The molecule has 0 aliphatic carbocycles. The number of benzene rings is 1. The Morgan fingerprint density at radius 1 is 1.29 bits per heavy atom. The molecule has 0 saturated carbocycles. The van der Waals surface area contributed by atoms with Crippen LogP contribution in [0.4, 0.5) is 0 Å². The first kappa shape index (κ1) is 16.2. The second-order valence-electron chi connectivity index (χ2n) is 5.24. The SMILES string of the molecule is COc1ccc(CN(CCN2CCOCC2)C(C)=S)cc1. The van der Waals surface area contributed by atoms with Gasteiger partial charge in [-0.2, -0.15) is 0 Å². The van der Waals surface area contributed by atoms with Gasteiger partial charge in [0.15, 0.2) is 0 Å². The topological polar surface area (TPSA) is 24.9 Å². The van der Waals surface area contributed by atoms with Crippen molar-refractivity contribution in [2.24, 2.45) is 0 Å². The highest BCUT2D eigenvalue weighted by atomic mass is 32.1. The van der Waals surface area contributed by atoms with Gasteiger partial charge < -0.3 is 14.4 Å². The van der Waals surface area contributed by atoms with Gasteiger partial charge in [0, 0.05) is 32.7 Å². The van der Waals surface area contributed by atoms with Crippen LogP contribution in [0.1, 0.15) is 12.5 Å². The number of rotatable bonds is 6. The number of ether oxygens (including phenoxy) is 2. The number of morpholine rings is 1. The fourth-order valence-corrected chi connectivity index (χ4v) is 2.54. The first-order valence-electron chi connectivity index (χ1n) is 7.37. The van der Waals surface area contributed by atoms with E-state index in [-0.39, 0.29) is 0 Å². The van der Waals surface area contributed by atoms with E-state index in [1.54, 1.807) is 7.11 Å². The van der Waals surface area contributed by atoms with Crippen LogP contribution < -0.4 is 4.74 Å². The zero-order chi connectivity index (χ0) is 15.1. The second-order valence-corrected chi connectivity index (χ2v) is 5.83. The van der Waals surface area contributed by atoms with Crippen LogP contribution in [0, 0.1) is 0 Å². The Morgan fingerprint density at radius 3 is 2.52 bits per heavy atom. The Hall–Kier alpha value is -1.17. The highest BCUT2D eigenvalue weighted by Crippen LogP contribution is 2.13. The summed E-state index contributed by atoms with van der Waals surface area (Å²) < 4.78 is 10.6. The van der Waals surface area contributed by atoms with Gasteiger partial charge in [-0.05, 0) is 24.6 Å². The normalized spacial score (nSPS) is 15.7. The third kappa shape index (κ3) is 5.26. The standard InChI is InChI=1S/C16H24N2O2S/c1-14(21)18(8-7-17-9-11-20-12-10-17)13-15-3-5-16(19-2)6-4-15/h3-6H,7-13H2,1-2H3. The molecule has 2 rings (SSSR count). The maximum Gasteiger partial charge on any atom is 0.118 e. The van der Waals surface area contributed by atoms with Crippen molar-refractivity contribution in [1.29, 1.82) is 0 Å². The molecule has 1 aromatic rings. The summed E-state index contributed by atoms with van der Waals surface area (Å²) in [7, 11) is 1.69. The Labute approximate surface area is 132 Å². The molecule has 1 heterocycles. The largest absolute Gasteiger partial charge is 0.497 e. The van der Waals surface area contributed by atoms with Crippen molar-refractivity contribution in [2.75, 3.05) is 46.5 Å². The van der Waals surface area contributed by atoms with Crippen molar-refractivity contribution in [3.05, 3.63) is 29.8 Å². The van der Waals surface area contributed by atoms with Crippen LogP contribution >= 0.6 is 12.2 Å². The van der Waals surface area contributed by atoms with Crippen molar-refractivity contribution in [3.8, 4) is 5.75 Å². The van der Waals surface area contributed by atoms with Crippen molar-refractivity contribution in [3.63, 3.8) is 0 Å². The number of thiocarbonyl (C=S) groups is 1. The van der Waals surface area contributed by atoms with Crippen LogP contribution in [0.2, 0.25) is 0 Å². The Kier molecular flexibility index (Phi) is 6.42. The summed E-state index contributed by atoms with van der Waals surface area (Å²) in [4.78, 5) is 5.63. The van der Waals surface area contributed by atoms with E-state index in [4.69, 9.17) is 21.7 Å². The average molecular weight is 308 g/mol. The molecule has 5 heteroatoms. The highest BCUT2D eigenvalue weighted by Gasteiger charge is 2.13. The summed E-state index contributed by atoms with van der Waals surface area (Å²) in [6.07, 6.45) is 0. The molecule has 116 valence electrons. The molecular formula is C16H24N2O2S. The van der Waals surface area contributed by atoms with Gasteiger partial charge in [-0.3, -0.25) is 4.90 Å². The monoisotopic (exact) mass is 308 g/mol. The number of nitrogens with zero attached hydrogens (tertiary/aromatic N) is 2. The molecule has 1 aliphatic heterocycles. The predicted molar refractivity (Wildman–Crippen MR) is 88.9 cm³/mol. The lowest BCUT2D eigenvalue weighted by Crippen LogP contribution is -2.42. The second kappa shape index (κ2) is 8.32. The van der Waals surface area contributed by atoms with Crippen molar-refractivity contribution in [1.82, 2.24) is 9.80 Å². The Bertz CT molecular complexity index is 444. The molecule has 0 spiro atoms. The molecule has 1 aliphatic rings. The van der Waals surface area contributed by atoms with E-state index in [0.29, 0.717) is 0 Å². The van der Waals surface area contributed by atoms with E-state index in [0.717, 1.165) is 56.7 Å². The maximum absolute atomic E-state index is 5.39. The minimum atomic E-state index is 0.842. The fourth-order valence-electron chi connectivity index (χ4n) is 2.39. The molecule has 0 bridgehead atoms. The summed E-state index contributed by atoms with van der Waals surface area (Å²) in [5, 5.41) is 0. The molecule has 0 unspecified atom stereocenters. The summed E-state index contributed by atoms with van der Waals surface area (Å²) >= 11 is 5.39. The first-order chi connectivity index (χ1) is 10.2. The van der Waals surface area contributed by atoms with Crippen LogP contribution in [-0.2, 0) is 11.3 Å². The third-order valence-corrected chi connectivity index (χ3v) is 4.03. The molecule has 0 radical (unpaired) electrons. The summed E-state index contributed by atoms with van der Waals surface area (Å²) in [6.45, 7) is 8.57. The minimum absolute atomic E-state index is 0.842. The molecule has 0 aromatic heterocycles. The molecule has 1 saturated heterocycles. The number of methoxy groups -OCH3 is 1. The highest BCUT2D eigenvalue weighted by molar-refractivity contribution is 7.80. The maximum atomic E-state index is 5.39. The Balaban J connectivity index is 1.87. The van der Waals surface area contributed by atoms with Crippen LogP contribution in [0.25, 0.3) is 0 Å². The van der Waals surface area contributed by atoms with Gasteiger partial charge in [0.05, 0.1) is 25.3 Å². The van der Waals surface area contributed by atoms with Crippen molar-refractivity contribution in [2.45, 2.75) is 13.5 Å². The van der Waals surface area contributed by atoms with Gasteiger partial charge in [-0.1, -0.05) is 24.4 Å². The van der Waals surface area contributed by atoms with E-state index in [1.165, 1.54) is 5.56 Å². The van der Waals surface area contributed by atoms with E-state index in [2.05, 4.69) is 21.9 Å². The van der Waals surface area contributed by atoms with Crippen molar-refractivity contribution < 1.29 is 9.47 Å².